The van der Waals surface area contributed by atoms with Gasteiger partial charge in [0.05, 0.1) is 12.7 Å². The predicted octanol–water partition coefficient (Wildman–Crippen LogP) is 2.91. The summed E-state index contributed by atoms with van der Waals surface area (Å²) in [5.74, 6) is 0.573. The fourth-order valence-corrected chi connectivity index (χ4v) is 1.38. The Kier molecular flexibility index (Phi) is 2.72. The van der Waals surface area contributed by atoms with Crippen LogP contribution in [0.15, 0.2) is 34.7 Å². The van der Waals surface area contributed by atoms with E-state index in [1.165, 1.54) is 31.4 Å². The van der Waals surface area contributed by atoms with Crippen LogP contribution in [0.4, 0.5) is 4.39 Å². The molecule has 0 aliphatic rings. The molecular formula is C12H9FO3. The van der Waals surface area contributed by atoms with Gasteiger partial charge in [0.15, 0.2) is 12.0 Å². The molecule has 0 fully saturated rings. The van der Waals surface area contributed by atoms with Crippen LogP contribution in [0.3, 0.4) is 0 Å². The van der Waals surface area contributed by atoms with Crippen LogP contribution in [0.2, 0.25) is 0 Å². The SMILES string of the molecule is COc1ccc(F)c(-c2ccc(C=O)o2)c1. The van der Waals surface area contributed by atoms with Gasteiger partial charge >= 0.3 is 0 Å². The summed E-state index contributed by atoms with van der Waals surface area (Å²) in [5, 5.41) is 0. The molecule has 4 heteroatoms. The molecule has 0 unspecified atom stereocenters. The van der Waals surface area contributed by atoms with Crippen molar-refractivity contribution in [3.8, 4) is 17.1 Å². The van der Waals surface area contributed by atoms with Gasteiger partial charge in [0.25, 0.3) is 0 Å². The molecule has 0 radical (unpaired) electrons. The van der Waals surface area contributed by atoms with E-state index in [1.807, 2.05) is 0 Å². The number of aldehydes is 1. The van der Waals surface area contributed by atoms with Crippen LogP contribution in [-0.4, -0.2) is 13.4 Å². The number of furan rings is 1. The van der Waals surface area contributed by atoms with Gasteiger partial charge in [-0.3, -0.25) is 4.79 Å². The number of hydrogen-bond donors (Lipinski definition) is 0. The molecule has 0 spiro atoms. The van der Waals surface area contributed by atoms with Gasteiger partial charge in [-0.15, -0.1) is 0 Å². The van der Waals surface area contributed by atoms with Crippen molar-refractivity contribution in [1.82, 2.24) is 0 Å². The van der Waals surface area contributed by atoms with Gasteiger partial charge in [-0.1, -0.05) is 0 Å². The Morgan fingerprint density at radius 3 is 2.75 bits per heavy atom. The van der Waals surface area contributed by atoms with Crippen molar-refractivity contribution >= 4 is 6.29 Å². The number of halogens is 1. The second kappa shape index (κ2) is 4.18. The zero-order chi connectivity index (χ0) is 11.5. The van der Waals surface area contributed by atoms with Crippen molar-refractivity contribution < 1.29 is 18.3 Å². The fraction of sp³-hybridized carbons (Fsp3) is 0.0833. The van der Waals surface area contributed by atoms with Crippen LogP contribution in [0, 0.1) is 5.82 Å². The number of hydrogen-bond acceptors (Lipinski definition) is 3. The number of rotatable bonds is 3. The van der Waals surface area contributed by atoms with E-state index < -0.39 is 5.82 Å². The lowest BCUT2D eigenvalue weighted by Crippen LogP contribution is -1.87. The molecule has 0 saturated carbocycles. The summed E-state index contributed by atoms with van der Waals surface area (Å²) in [6.45, 7) is 0. The van der Waals surface area contributed by atoms with Gasteiger partial charge in [-0.2, -0.15) is 0 Å². The van der Waals surface area contributed by atoms with E-state index in [1.54, 1.807) is 6.07 Å². The Bertz CT molecular complexity index is 517. The maximum Gasteiger partial charge on any atom is 0.185 e. The van der Waals surface area contributed by atoms with Crippen LogP contribution in [-0.2, 0) is 0 Å². The molecule has 0 N–H and O–H groups in total. The molecule has 82 valence electrons. The lowest BCUT2D eigenvalue weighted by molar-refractivity contribution is 0.110. The second-order valence-corrected chi connectivity index (χ2v) is 3.17. The third-order valence-electron chi connectivity index (χ3n) is 2.18. The lowest BCUT2D eigenvalue weighted by Gasteiger charge is -2.03. The van der Waals surface area contributed by atoms with E-state index >= 15 is 0 Å². The highest BCUT2D eigenvalue weighted by Crippen LogP contribution is 2.28. The summed E-state index contributed by atoms with van der Waals surface area (Å²) in [7, 11) is 1.50. The van der Waals surface area contributed by atoms with Crippen molar-refractivity contribution in [2.24, 2.45) is 0 Å². The lowest BCUT2D eigenvalue weighted by atomic mass is 10.1. The van der Waals surface area contributed by atoms with Gasteiger partial charge in [-0.25, -0.2) is 4.39 Å². The molecule has 0 saturated heterocycles. The Hall–Kier alpha value is -2.10. The summed E-state index contributed by atoms with van der Waals surface area (Å²) in [6.07, 6.45) is 0.571. The van der Waals surface area contributed by atoms with E-state index in [0.717, 1.165) is 0 Å². The first kappa shape index (κ1) is 10.4. The molecule has 3 nitrogen and oxygen atoms in total. The van der Waals surface area contributed by atoms with Gasteiger partial charge in [0.1, 0.15) is 17.3 Å². The minimum Gasteiger partial charge on any atom is -0.497 e. The van der Waals surface area contributed by atoms with Crippen LogP contribution >= 0.6 is 0 Å². The third-order valence-corrected chi connectivity index (χ3v) is 2.18. The predicted molar refractivity (Wildman–Crippen MR) is 56.0 cm³/mol. The smallest absolute Gasteiger partial charge is 0.185 e. The Morgan fingerprint density at radius 2 is 2.12 bits per heavy atom. The van der Waals surface area contributed by atoms with Crippen molar-refractivity contribution in [1.29, 1.82) is 0 Å². The summed E-state index contributed by atoms with van der Waals surface area (Å²) >= 11 is 0. The molecule has 0 aliphatic carbocycles. The number of methoxy groups -OCH3 is 1. The minimum absolute atomic E-state index is 0.164. The molecule has 0 atom stereocenters. The van der Waals surface area contributed by atoms with Crippen molar-refractivity contribution in [2.45, 2.75) is 0 Å². The first-order valence-electron chi connectivity index (χ1n) is 4.63. The molecule has 1 heterocycles. The number of carbonyl (C=O) groups is 1. The Morgan fingerprint density at radius 1 is 1.31 bits per heavy atom. The highest BCUT2D eigenvalue weighted by atomic mass is 19.1. The zero-order valence-corrected chi connectivity index (χ0v) is 8.57. The first-order chi connectivity index (χ1) is 7.74. The molecule has 0 bridgehead atoms. The summed E-state index contributed by atoms with van der Waals surface area (Å²) in [4.78, 5) is 10.4. The van der Waals surface area contributed by atoms with E-state index in [-0.39, 0.29) is 11.3 Å². The molecule has 1 aromatic carbocycles. The van der Waals surface area contributed by atoms with E-state index in [2.05, 4.69) is 0 Å². The average Bonchev–Trinajstić information content (AvgIpc) is 2.78. The molecule has 1 aromatic heterocycles. The molecule has 2 aromatic rings. The second-order valence-electron chi connectivity index (χ2n) is 3.17. The topological polar surface area (TPSA) is 39.4 Å². The number of carbonyl (C=O) groups excluding carboxylic acids is 1. The average molecular weight is 220 g/mol. The zero-order valence-electron chi connectivity index (χ0n) is 8.57. The number of benzene rings is 1. The maximum absolute atomic E-state index is 13.5. The van der Waals surface area contributed by atoms with Gasteiger partial charge in [0.2, 0.25) is 0 Å². The Balaban J connectivity index is 2.49. The minimum atomic E-state index is -0.424. The first-order valence-corrected chi connectivity index (χ1v) is 4.63. The molecule has 2 rings (SSSR count). The van der Waals surface area contributed by atoms with Crippen LogP contribution in [0.1, 0.15) is 10.6 Å². The van der Waals surface area contributed by atoms with Crippen LogP contribution in [0.25, 0.3) is 11.3 Å². The highest BCUT2D eigenvalue weighted by molar-refractivity contribution is 5.73. The molecule has 16 heavy (non-hydrogen) atoms. The van der Waals surface area contributed by atoms with Crippen molar-refractivity contribution in [3.05, 3.63) is 41.9 Å². The number of ether oxygens (including phenoxy) is 1. The van der Waals surface area contributed by atoms with Crippen LogP contribution in [0.5, 0.6) is 5.75 Å². The van der Waals surface area contributed by atoms with Gasteiger partial charge in [-0.05, 0) is 30.3 Å². The molecule has 0 amide bonds. The van der Waals surface area contributed by atoms with E-state index in [4.69, 9.17) is 9.15 Å². The quantitative estimate of drug-likeness (QED) is 0.746. The van der Waals surface area contributed by atoms with Crippen molar-refractivity contribution in [2.75, 3.05) is 7.11 Å². The van der Waals surface area contributed by atoms with Gasteiger partial charge < -0.3 is 9.15 Å². The maximum atomic E-state index is 13.5. The van der Waals surface area contributed by atoms with E-state index in [9.17, 15) is 9.18 Å². The normalized spacial score (nSPS) is 10.1. The Labute approximate surface area is 91.5 Å². The largest absolute Gasteiger partial charge is 0.497 e. The monoisotopic (exact) mass is 220 g/mol. The highest BCUT2D eigenvalue weighted by Gasteiger charge is 2.10. The standard InChI is InChI=1S/C12H9FO3/c1-15-8-2-4-11(13)10(6-8)12-5-3-9(7-14)16-12/h2-7H,1H3. The van der Waals surface area contributed by atoms with Gasteiger partial charge in [0, 0.05) is 0 Å². The fourth-order valence-electron chi connectivity index (χ4n) is 1.38. The molecular weight excluding hydrogens is 211 g/mol. The third kappa shape index (κ3) is 1.82. The summed E-state index contributed by atoms with van der Waals surface area (Å²) in [5.41, 5.74) is 0.271. The van der Waals surface area contributed by atoms with Crippen molar-refractivity contribution in [3.63, 3.8) is 0 Å². The molecule has 0 aliphatic heterocycles. The summed E-state index contributed by atoms with van der Waals surface area (Å²) < 4.78 is 23.6. The van der Waals surface area contributed by atoms with Crippen LogP contribution < -0.4 is 4.74 Å². The summed E-state index contributed by atoms with van der Waals surface area (Å²) in [6, 6.07) is 7.35. The van der Waals surface area contributed by atoms with E-state index in [0.29, 0.717) is 17.8 Å².